The van der Waals surface area contributed by atoms with Crippen molar-refractivity contribution in [1.29, 1.82) is 0 Å². The third kappa shape index (κ3) is 3.32. The molecule has 0 radical (unpaired) electrons. The van der Waals surface area contributed by atoms with Gasteiger partial charge in [0.2, 0.25) is 0 Å². The lowest BCUT2D eigenvalue weighted by Crippen LogP contribution is -2.37. The van der Waals surface area contributed by atoms with Crippen LogP contribution in [0.15, 0.2) is 47.3 Å². The summed E-state index contributed by atoms with van der Waals surface area (Å²) in [6, 6.07) is 8.34. The van der Waals surface area contributed by atoms with E-state index in [0.717, 1.165) is 27.7 Å². The summed E-state index contributed by atoms with van der Waals surface area (Å²) in [5, 5.41) is 9.90. The van der Waals surface area contributed by atoms with Gasteiger partial charge in [0.15, 0.2) is 0 Å². The highest BCUT2D eigenvalue weighted by Crippen LogP contribution is 2.39. The number of carbonyl (C=O) groups is 1. The number of fused-ring (bicyclic) bond motifs is 1. The Morgan fingerprint density at radius 2 is 1.79 bits per heavy atom. The summed E-state index contributed by atoms with van der Waals surface area (Å²) < 4.78 is 55.4. The van der Waals surface area contributed by atoms with E-state index in [0.29, 0.717) is 0 Å². The van der Waals surface area contributed by atoms with Crippen molar-refractivity contribution in [3.8, 4) is 5.75 Å². The summed E-state index contributed by atoms with van der Waals surface area (Å²) in [5.41, 5.74) is -3.39. The number of aromatic hydroxyl groups is 1. The number of aromatic nitrogens is 1. The standard InChI is InChI=1S/C20H16F4N2O3/c1-3-26(13-9-5-4-8-12(13)21)19(29)16-17(27)15-11(20(22,23)24)7-6-10-14(15)25(2)18(16)28/h4-10,27H,3H2,1-2H3. The van der Waals surface area contributed by atoms with Crippen LogP contribution in [-0.2, 0) is 13.2 Å². The van der Waals surface area contributed by atoms with E-state index in [-0.39, 0.29) is 17.7 Å². The molecule has 1 amide bonds. The Kier molecular flexibility index (Phi) is 5.08. The molecule has 1 aromatic heterocycles. The van der Waals surface area contributed by atoms with Crippen molar-refractivity contribution in [3.05, 3.63) is 69.8 Å². The van der Waals surface area contributed by atoms with E-state index >= 15 is 0 Å². The first-order chi connectivity index (χ1) is 13.6. The lowest BCUT2D eigenvalue weighted by Gasteiger charge is -2.23. The number of pyridine rings is 1. The molecule has 3 rings (SSSR count). The molecule has 0 unspecified atom stereocenters. The molecule has 2 aromatic carbocycles. The van der Waals surface area contributed by atoms with Crippen molar-refractivity contribution < 1.29 is 27.5 Å². The highest BCUT2D eigenvalue weighted by molar-refractivity contribution is 6.11. The Morgan fingerprint density at radius 1 is 1.14 bits per heavy atom. The predicted molar refractivity (Wildman–Crippen MR) is 99.6 cm³/mol. The number of rotatable bonds is 3. The maximum absolute atomic E-state index is 14.2. The highest BCUT2D eigenvalue weighted by Gasteiger charge is 2.36. The van der Waals surface area contributed by atoms with Crippen LogP contribution >= 0.6 is 0 Å². The van der Waals surface area contributed by atoms with Crippen molar-refractivity contribution >= 4 is 22.5 Å². The van der Waals surface area contributed by atoms with Crippen LogP contribution in [0.2, 0.25) is 0 Å². The van der Waals surface area contributed by atoms with Crippen LogP contribution in [-0.4, -0.2) is 22.1 Å². The Labute approximate surface area is 162 Å². The van der Waals surface area contributed by atoms with E-state index in [1.165, 1.54) is 38.2 Å². The van der Waals surface area contributed by atoms with Crippen molar-refractivity contribution in [3.63, 3.8) is 0 Å². The molecule has 1 N–H and O–H groups in total. The second kappa shape index (κ2) is 7.23. The van der Waals surface area contributed by atoms with Gasteiger partial charge in [-0.25, -0.2) is 4.39 Å². The quantitative estimate of drug-likeness (QED) is 0.665. The van der Waals surface area contributed by atoms with Gasteiger partial charge in [-0.3, -0.25) is 9.59 Å². The number of halogens is 4. The fourth-order valence-corrected chi connectivity index (χ4v) is 3.23. The van der Waals surface area contributed by atoms with Crippen molar-refractivity contribution in [2.45, 2.75) is 13.1 Å². The van der Waals surface area contributed by atoms with Gasteiger partial charge in [-0.15, -0.1) is 0 Å². The lowest BCUT2D eigenvalue weighted by molar-refractivity contribution is -0.136. The number of nitrogens with zero attached hydrogens (tertiary/aromatic N) is 2. The third-order valence-corrected chi connectivity index (χ3v) is 4.62. The molecule has 0 spiro atoms. The van der Waals surface area contributed by atoms with Gasteiger partial charge in [0.05, 0.1) is 22.2 Å². The monoisotopic (exact) mass is 408 g/mol. The maximum Gasteiger partial charge on any atom is 0.417 e. The Balaban J connectivity index is 2.34. The van der Waals surface area contributed by atoms with Gasteiger partial charge in [-0.05, 0) is 31.2 Å². The minimum absolute atomic E-state index is 0.0820. The zero-order chi connectivity index (χ0) is 21.5. The Bertz CT molecular complexity index is 1170. The van der Waals surface area contributed by atoms with Crippen LogP contribution in [0.25, 0.3) is 10.9 Å². The van der Waals surface area contributed by atoms with Crippen LogP contribution in [0.4, 0.5) is 23.2 Å². The molecule has 0 aliphatic heterocycles. The molecule has 29 heavy (non-hydrogen) atoms. The van der Waals surface area contributed by atoms with Gasteiger partial charge in [-0.1, -0.05) is 18.2 Å². The molecule has 0 saturated heterocycles. The molecule has 3 aromatic rings. The molecule has 152 valence electrons. The smallest absolute Gasteiger partial charge is 0.417 e. The molecular formula is C20H16F4N2O3. The molecule has 0 atom stereocenters. The van der Waals surface area contributed by atoms with Gasteiger partial charge < -0.3 is 14.6 Å². The number of alkyl halides is 3. The molecule has 0 bridgehead atoms. The summed E-state index contributed by atoms with van der Waals surface area (Å²) in [4.78, 5) is 26.6. The highest BCUT2D eigenvalue weighted by atomic mass is 19.4. The molecule has 0 fully saturated rings. The lowest BCUT2D eigenvalue weighted by atomic mass is 10.0. The van der Waals surface area contributed by atoms with Gasteiger partial charge >= 0.3 is 6.18 Å². The van der Waals surface area contributed by atoms with Crippen molar-refractivity contribution in [2.75, 3.05) is 11.4 Å². The summed E-state index contributed by atoms with van der Waals surface area (Å²) in [5.74, 6) is -2.94. The van der Waals surface area contributed by atoms with Crippen LogP contribution < -0.4 is 10.5 Å². The van der Waals surface area contributed by atoms with Crippen molar-refractivity contribution in [2.24, 2.45) is 7.05 Å². The van der Waals surface area contributed by atoms with Crippen LogP contribution in [0, 0.1) is 5.82 Å². The number of aryl methyl sites for hydroxylation is 1. The first-order valence-electron chi connectivity index (χ1n) is 8.57. The van der Waals surface area contributed by atoms with Crippen molar-refractivity contribution in [1.82, 2.24) is 4.57 Å². The summed E-state index contributed by atoms with van der Waals surface area (Å²) in [6.07, 6.45) is -4.83. The summed E-state index contributed by atoms with van der Waals surface area (Å²) in [7, 11) is 1.19. The molecule has 1 heterocycles. The second-order valence-electron chi connectivity index (χ2n) is 6.29. The van der Waals surface area contributed by atoms with E-state index in [4.69, 9.17) is 0 Å². The van der Waals surface area contributed by atoms with E-state index in [9.17, 15) is 32.3 Å². The molecular weight excluding hydrogens is 392 g/mol. The fourth-order valence-electron chi connectivity index (χ4n) is 3.23. The Morgan fingerprint density at radius 3 is 2.38 bits per heavy atom. The van der Waals surface area contributed by atoms with E-state index in [1.807, 2.05) is 0 Å². The minimum atomic E-state index is -4.83. The number of anilines is 1. The molecule has 0 aliphatic rings. The molecule has 0 aliphatic carbocycles. The number of benzene rings is 2. The predicted octanol–water partition coefficient (Wildman–Crippen LogP) is 4.07. The number of carbonyl (C=O) groups excluding carboxylic acids is 1. The third-order valence-electron chi connectivity index (χ3n) is 4.62. The maximum atomic E-state index is 14.2. The molecule has 0 saturated carbocycles. The number of hydrogen-bond donors (Lipinski definition) is 1. The zero-order valence-electron chi connectivity index (χ0n) is 15.4. The SMILES string of the molecule is CCN(C(=O)c1c(O)c2c(C(F)(F)F)cccc2n(C)c1=O)c1ccccc1F. The second-order valence-corrected chi connectivity index (χ2v) is 6.29. The van der Waals surface area contributed by atoms with Crippen LogP contribution in [0.1, 0.15) is 22.8 Å². The van der Waals surface area contributed by atoms with Gasteiger partial charge in [0, 0.05) is 13.6 Å². The Hall–Kier alpha value is -3.36. The fraction of sp³-hybridized carbons (Fsp3) is 0.200. The average Bonchev–Trinajstić information content (AvgIpc) is 2.67. The van der Waals surface area contributed by atoms with Crippen LogP contribution in [0.5, 0.6) is 5.75 Å². The number of hydrogen-bond acceptors (Lipinski definition) is 3. The van der Waals surface area contributed by atoms with E-state index in [2.05, 4.69) is 0 Å². The normalized spacial score (nSPS) is 11.7. The number of amides is 1. The first-order valence-corrected chi connectivity index (χ1v) is 8.57. The van der Waals surface area contributed by atoms with Gasteiger partial charge in [-0.2, -0.15) is 13.2 Å². The average molecular weight is 408 g/mol. The first kappa shape index (κ1) is 20.4. The van der Waals surface area contributed by atoms with Gasteiger partial charge in [0.25, 0.3) is 11.5 Å². The molecule has 9 heteroatoms. The van der Waals surface area contributed by atoms with E-state index < -0.39 is 45.7 Å². The van der Waals surface area contributed by atoms with E-state index in [1.54, 1.807) is 0 Å². The summed E-state index contributed by atoms with van der Waals surface area (Å²) >= 11 is 0. The number of para-hydroxylation sites is 1. The minimum Gasteiger partial charge on any atom is -0.506 e. The van der Waals surface area contributed by atoms with Gasteiger partial charge in [0.1, 0.15) is 17.1 Å². The molecule has 5 nitrogen and oxygen atoms in total. The zero-order valence-corrected chi connectivity index (χ0v) is 15.4. The largest absolute Gasteiger partial charge is 0.506 e. The summed E-state index contributed by atoms with van der Waals surface area (Å²) in [6.45, 7) is 1.43. The topological polar surface area (TPSA) is 62.5 Å². The van der Waals surface area contributed by atoms with Crippen LogP contribution in [0.3, 0.4) is 0 Å².